The molecular formula is C31H41NO6. The molecule has 3 atom stereocenters. The molecule has 3 rings (SSSR count). The summed E-state index contributed by atoms with van der Waals surface area (Å²) in [5.41, 5.74) is -0.210. The molecule has 2 aromatic carbocycles. The zero-order valence-electron chi connectivity index (χ0n) is 23.6. The molecule has 0 radical (unpaired) electrons. The Labute approximate surface area is 226 Å². The monoisotopic (exact) mass is 523 g/mol. The van der Waals surface area contributed by atoms with Gasteiger partial charge < -0.3 is 19.5 Å². The molecule has 0 aliphatic heterocycles. The number of amides is 1. The number of benzene rings is 2. The van der Waals surface area contributed by atoms with E-state index < -0.39 is 34.4 Å². The summed E-state index contributed by atoms with van der Waals surface area (Å²) in [5, 5.41) is 2.93. The maximum atomic E-state index is 13.6. The van der Waals surface area contributed by atoms with E-state index in [9.17, 15) is 14.4 Å². The first-order valence-corrected chi connectivity index (χ1v) is 13.1. The van der Waals surface area contributed by atoms with Gasteiger partial charge in [0.2, 0.25) is 5.91 Å². The number of ether oxygens (including phenoxy) is 3. The van der Waals surface area contributed by atoms with Crippen LogP contribution >= 0.6 is 0 Å². The maximum absolute atomic E-state index is 13.6. The zero-order chi connectivity index (χ0) is 28.1. The van der Waals surface area contributed by atoms with Crippen molar-refractivity contribution in [1.82, 2.24) is 5.32 Å². The SMILES string of the molecule is COC(=O)C(Cc1ccc(OCc2ccccc2)cc1)NC(=O)C1(C)CCC(C(=O)OC(C)(C)C)C1(C)C. The number of hydrogen-bond donors (Lipinski definition) is 1. The fourth-order valence-electron chi connectivity index (χ4n) is 5.04. The molecule has 2 aromatic rings. The third-order valence-corrected chi connectivity index (χ3v) is 7.82. The molecule has 1 N–H and O–H groups in total. The van der Waals surface area contributed by atoms with Gasteiger partial charge in [-0.15, -0.1) is 0 Å². The van der Waals surface area contributed by atoms with Crippen molar-refractivity contribution in [2.75, 3.05) is 7.11 Å². The first-order valence-electron chi connectivity index (χ1n) is 13.1. The van der Waals surface area contributed by atoms with Crippen molar-refractivity contribution >= 4 is 17.8 Å². The zero-order valence-corrected chi connectivity index (χ0v) is 23.6. The third kappa shape index (κ3) is 6.74. The normalized spacial score (nSPS) is 21.3. The van der Waals surface area contributed by atoms with E-state index in [0.717, 1.165) is 11.1 Å². The van der Waals surface area contributed by atoms with Gasteiger partial charge in [0.05, 0.1) is 18.4 Å². The molecule has 7 nitrogen and oxygen atoms in total. The lowest BCUT2D eigenvalue weighted by atomic mass is 9.65. The van der Waals surface area contributed by atoms with E-state index in [-0.39, 0.29) is 18.3 Å². The Morgan fingerprint density at radius 1 is 0.974 bits per heavy atom. The lowest BCUT2D eigenvalue weighted by Crippen LogP contribution is -2.53. The molecule has 1 aliphatic rings. The summed E-state index contributed by atoms with van der Waals surface area (Å²) in [4.78, 5) is 39.2. The maximum Gasteiger partial charge on any atom is 0.328 e. The minimum Gasteiger partial charge on any atom is -0.489 e. The van der Waals surface area contributed by atoms with Gasteiger partial charge in [0, 0.05) is 6.42 Å². The topological polar surface area (TPSA) is 90.9 Å². The first-order chi connectivity index (χ1) is 17.8. The van der Waals surface area contributed by atoms with E-state index in [1.54, 1.807) is 0 Å². The van der Waals surface area contributed by atoms with Crippen LogP contribution in [0.4, 0.5) is 0 Å². The van der Waals surface area contributed by atoms with E-state index in [1.165, 1.54) is 7.11 Å². The fraction of sp³-hybridized carbons (Fsp3) is 0.516. The Morgan fingerprint density at radius 3 is 2.18 bits per heavy atom. The van der Waals surface area contributed by atoms with E-state index in [2.05, 4.69) is 5.32 Å². The largest absolute Gasteiger partial charge is 0.489 e. The van der Waals surface area contributed by atoms with Crippen molar-refractivity contribution in [2.45, 2.75) is 79.1 Å². The lowest BCUT2D eigenvalue weighted by molar-refractivity contribution is -0.165. The summed E-state index contributed by atoms with van der Waals surface area (Å²) in [6.45, 7) is 11.7. The van der Waals surface area contributed by atoms with Crippen LogP contribution in [0.3, 0.4) is 0 Å². The summed E-state index contributed by atoms with van der Waals surface area (Å²) in [6.07, 6.45) is 1.32. The Hall–Kier alpha value is -3.35. The molecule has 1 amide bonds. The average Bonchev–Trinajstić information content (AvgIpc) is 3.11. The van der Waals surface area contributed by atoms with E-state index in [0.29, 0.717) is 25.2 Å². The van der Waals surface area contributed by atoms with E-state index >= 15 is 0 Å². The van der Waals surface area contributed by atoms with Crippen LogP contribution in [0.25, 0.3) is 0 Å². The number of methoxy groups -OCH3 is 1. The highest BCUT2D eigenvalue weighted by Crippen LogP contribution is 2.56. The van der Waals surface area contributed by atoms with Gasteiger partial charge >= 0.3 is 11.9 Å². The van der Waals surface area contributed by atoms with Gasteiger partial charge in [-0.2, -0.15) is 0 Å². The molecule has 0 spiro atoms. The predicted molar refractivity (Wildman–Crippen MR) is 145 cm³/mol. The minimum absolute atomic E-state index is 0.267. The summed E-state index contributed by atoms with van der Waals surface area (Å²) < 4.78 is 16.5. The number of rotatable bonds is 9. The summed E-state index contributed by atoms with van der Waals surface area (Å²) in [6, 6.07) is 16.5. The Kier molecular flexibility index (Phi) is 8.90. The minimum atomic E-state index is -0.865. The second-order valence-electron chi connectivity index (χ2n) is 11.9. The van der Waals surface area contributed by atoms with Crippen LogP contribution < -0.4 is 10.1 Å². The molecule has 1 saturated carbocycles. The second-order valence-corrected chi connectivity index (χ2v) is 11.9. The van der Waals surface area contributed by atoms with E-state index in [4.69, 9.17) is 14.2 Å². The quantitative estimate of drug-likeness (QED) is 0.452. The highest BCUT2D eigenvalue weighted by Gasteiger charge is 2.59. The second kappa shape index (κ2) is 11.6. The van der Waals surface area contributed by atoms with Crippen LogP contribution in [-0.4, -0.2) is 36.6 Å². The predicted octanol–water partition coefficient (Wildman–Crippen LogP) is 5.25. The Balaban J connectivity index is 1.68. The van der Waals surface area contributed by atoms with Crippen molar-refractivity contribution < 1.29 is 28.6 Å². The molecule has 0 heterocycles. The molecule has 0 bridgehead atoms. The Bertz CT molecular complexity index is 1120. The van der Waals surface area contributed by atoms with Crippen LogP contribution in [0.2, 0.25) is 0 Å². The molecule has 206 valence electrons. The summed E-state index contributed by atoms with van der Waals surface area (Å²) in [5.74, 6) is -0.794. The highest BCUT2D eigenvalue weighted by atomic mass is 16.6. The van der Waals surface area contributed by atoms with Crippen molar-refractivity contribution in [1.29, 1.82) is 0 Å². The number of hydrogen-bond acceptors (Lipinski definition) is 6. The van der Waals surface area contributed by atoms with Crippen molar-refractivity contribution in [3.8, 4) is 5.75 Å². The van der Waals surface area contributed by atoms with Gasteiger partial charge in [-0.1, -0.05) is 63.2 Å². The lowest BCUT2D eigenvalue weighted by Gasteiger charge is -2.40. The van der Waals surface area contributed by atoms with Gasteiger partial charge in [0.15, 0.2) is 0 Å². The van der Waals surface area contributed by atoms with Gasteiger partial charge in [-0.25, -0.2) is 4.79 Å². The number of carbonyl (C=O) groups excluding carboxylic acids is 3. The molecule has 0 aromatic heterocycles. The molecule has 3 unspecified atom stereocenters. The molecule has 7 heteroatoms. The number of nitrogens with one attached hydrogen (secondary N) is 1. The first kappa shape index (κ1) is 29.2. The van der Waals surface area contributed by atoms with Gasteiger partial charge in [0.25, 0.3) is 0 Å². The van der Waals surface area contributed by atoms with Crippen LogP contribution in [0.15, 0.2) is 54.6 Å². The van der Waals surface area contributed by atoms with Gasteiger partial charge in [-0.05, 0) is 62.3 Å². The average molecular weight is 524 g/mol. The van der Waals surface area contributed by atoms with E-state index in [1.807, 2.05) is 96.1 Å². The van der Waals surface area contributed by atoms with Crippen LogP contribution in [0, 0.1) is 16.7 Å². The van der Waals surface area contributed by atoms with Gasteiger partial charge in [0.1, 0.15) is 24.0 Å². The van der Waals surface area contributed by atoms with Crippen LogP contribution in [0.1, 0.15) is 65.5 Å². The highest BCUT2D eigenvalue weighted by molar-refractivity contribution is 5.90. The summed E-state index contributed by atoms with van der Waals surface area (Å²) in [7, 11) is 1.31. The number of carbonyl (C=O) groups is 3. The molecule has 1 fully saturated rings. The number of esters is 2. The molecule has 1 aliphatic carbocycles. The molecular weight excluding hydrogens is 482 g/mol. The smallest absolute Gasteiger partial charge is 0.328 e. The van der Waals surface area contributed by atoms with Gasteiger partial charge in [-0.3, -0.25) is 9.59 Å². The summed E-state index contributed by atoms with van der Waals surface area (Å²) >= 11 is 0. The van der Waals surface area contributed by atoms with Crippen LogP contribution in [0.5, 0.6) is 5.75 Å². The molecule has 0 saturated heterocycles. The van der Waals surface area contributed by atoms with Crippen molar-refractivity contribution in [3.63, 3.8) is 0 Å². The van der Waals surface area contributed by atoms with Crippen LogP contribution in [-0.2, 0) is 36.9 Å². The molecule has 38 heavy (non-hydrogen) atoms. The standard InChI is InChI=1S/C31H41NO6/c1-29(2,3)38-26(33)24-17-18-31(6,30(24,4)5)28(35)32-25(27(34)36-7)19-21-13-15-23(16-14-21)37-20-22-11-9-8-10-12-22/h8-16,24-25H,17-20H2,1-7H3,(H,32,35). The third-order valence-electron chi connectivity index (χ3n) is 7.82. The Morgan fingerprint density at radius 2 is 1.61 bits per heavy atom. The fourth-order valence-corrected chi connectivity index (χ4v) is 5.04. The van der Waals surface area contributed by atoms with Crippen molar-refractivity contribution in [3.05, 3.63) is 65.7 Å². The van der Waals surface area contributed by atoms with Crippen molar-refractivity contribution in [2.24, 2.45) is 16.7 Å².